The monoisotopic (exact) mass is 379 g/mol. The Hall–Kier alpha value is -2.80. The number of aliphatic hydroxyl groups excluding tert-OH is 1. The second-order valence-electron chi connectivity index (χ2n) is 7.78. The predicted octanol–water partition coefficient (Wildman–Crippen LogP) is 2.44. The van der Waals surface area contributed by atoms with Crippen LogP contribution >= 0.6 is 0 Å². The molecule has 1 amide bonds. The highest BCUT2D eigenvalue weighted by molar-refractivity contribution is 5.93. The zero-order chi connectivity index (χ0) is 19.7. The highest BCUT2D eigenvalue weighted by atomic mass is 16.3. The first kappa shape index (κ1) is 18.6. The second-order valence-corrected chi connectivity index (χ2v) is 7.78. The lowest BCUT2D eigenvalue weighted by molar-refractivity contribution is 0.0781. The van der Waals surface area contributed by atoms with E-state index < -0.39 is 0 Å². The van der Waals surface area contributed by atoms with E-state index in [-0.39, 0.29) is 18.4 Å². The summed E-state index contributed by atoms with van der Waals surface area (Å²) in [7, 11) is 0. The van der Waals surface area contributed by atoms with Crippen LogP contribution in [0.3, 0.4) is 0 Å². The van der Waals surface area contributed by atoms with Crippen LogP contribution in [0.25, 0.3) is 5.78 Å². The molecule has 7 nitrogen and oxygen atoms in total. The smallest absolute Gasteiger partial charge is 0.272 e. The molecule has 0 aliphatic carbocycles. The molecule has 0 radical (unpaired) electrons. The second kappa shape index (κ2) is 7.67. The first-order valence-corrected chi connectivity index (χ1v) is 9.73. The van der Waals surface area contributed by atoms with Crippen molar-refractivity contribution in [2.45, 2.75) is 39.2 Å². The van der Waals surface area contributed by atoms with E-state index in [1.165, 1.54) is 11.9 Å². The Labute approximate surface area is 164 Å². The number of aromatic nitrogens is 4. The van der Waals surface area contributed by atoms with E-state index in [0.717, 1.165) is 37.2 Å². The standard InChI is InChI=1S/C21H25N5O2/c1-14(2)19-10-18(24-21-22-13-23-26(19)21)20(28)25-7-6-16(11-25)8-15-4-3-5-17(9-15)12-27/h3-5,9-10,13-14,16,27H,6-8,11-12H2,1-2H3/t16-/m1/s1. The number of carbonyl (C=O) groups excluding carboxylic acids is 1. The van der Waals surface area contributed by atoms with Gasteiger partial charge < -0.3 is 10.0 Å². The summed E-state index contributed by atoms with van der Waals surface area (Å²) in [5.74, 6) is 1.05. The largest absolute Gasteiger partial charge is 0.392 e. The molecule has 3 aromatic rings. The van der Waals surface area contributed by atoms with Crippen LogP contribution in [0, 0.1) is 5.92 Å². The van der Waals surface area contributed by atoms with Crippen molar-refractivity contribution in [2.75, 3.05) is 13.1 Å². The Balaban J connectivity index is 1.49. The topological polar surface area (TPSA) is 83.6 Å². The van der Waals surface area contributed by atoms with Gasteiger partial charge in [0.05, 0.1) is 12.3 Å². The molecule has 0 saturated carbocycles. The third kappa shape index (κ3) is 3.62. The van der Waals surface area contributed by atoms with Gasteiger partial charge in [-0.25, -0.2) is 9.50 Å². The molecule has 146 valence electrons. The summed E-state index contributed by atoms with van der Waals surface area (Å²) in [6.07, 6.45) is 3.35. The fraction of sp³-hybridized carbons (Fsp3) is 0.429. The van der Waals surface area contributed by atoms with Crippen molar-refractivity contribution in [3.8, 4) is 0 Å². The summed E-state index contributed by atoms with van der Waals surface area (Å²) in [5, 5.41) is 13.5. The van der Waals surface area contributed by atoms with Gasteiger partial charge in [0.1, 0.15) is 12.0 Å². The van der Waals surface area contributed by atoms with Crippen molar-refractivity contribution in [3.63, 3.8) is 0 Å². The molecule has 1 saturated heterocycles. The number of hydrogen-bond donors (Lipinski definition) is 1. The summed E-state index contributed by atoms with van der Waals surface area (Å²) in [6.45, 7) is 5.64. The van der Waals surface area contributed by atoms with Gasteiger partial charge in [0, 0.05) is 13.1 Å². The van der Waals surface area contributed by atoms with Crippen LogP contribution in [0.2, 0.25) is 0 Å². The summed E-state index contributed by atoms with van der Waals surface area (Å²) in [6, 6.07) is 9.86. The Morgan fingerprint density at radius 2 is 2.11 bits per heavy atom. The SMILES string of the molecule is CC(C)c1cc(C(=O)N2CC[C@H](Cc3cccc(CO)c3)C2)nc2ncnn12. The molecule has 1 aliphatic heterocycles. The van der Waals surface area contributed by atoms with Crippen LogP contribution in [0.1, 0.15) is 53.5 Å². The Bertz CT molecular complexity index is 997. The van der Waals surface area contributed by atoms with Gasteiger partial charge in [-0.05, 0) is 41.9 Å². The maximum absolute atomic E-state index is 13.1. The lowest BCUT2D eigenvalue weighted by Gasteiger charge is -2.17. The maximum atomic E-state index is 13.1. The van der Waals surface area contributed by atoms with Gasteiger partial charge >= 0.3 is 0 Å². The summed E-state index contributed by atoms with van der Waals surface area (Å²) < 4.78 is 1.70. The summed E-state index contributed by atoms with van der Waals surface area (Å²) in [4.78, 5) is 23.5. The molecule has 1 N–H and O–H groups in total. The number of benzene rings is 1. The van der Waals surface area contributed by atoms with Gasteiger partial charge in [0.25, 0.3) is 11.7 Å². The number of hydrogen-bond acceptors (Lipinski definition) is 5. The molecule has 1 aromatic carbocycles. The van der Waals surface area contributed by atoms with Gasteiger partial charge in [-0.1, -0.05) is 38.1 Å². The zero-order valence-electron chi connectivity index (χ0n) is 16.2. The van der Waals surface area contributed by atoms with Gasteiger partial charge in [0.15, 0.2) is 0 Å². The fourth-order valence-corrected chi connectivity index (χ4v) is 3.89. The van der Waals surface area contributed by atoms with E-state index in [9.17, 15) is 9.90 Å². The molecule has 7 heteroatoms. The predicted molar refractivity (Wildman–Crippen MR) is 105 cm³/mol. The van der Waals surface area contributed by atoms with Gasteiger partial charge in [0.2, 0.25) is 0 Å². The number of aliphatic hydroxyl groups is 1. The minimum absolute atomic E-state index is 0.0426. The van der Waals surface area contributed by atoms with E-state index in [1.807, 2.05) is 29.2 Å². The number of carbonyl (C=O) groups is 1. The highest BCUT2D eigenvalue weighted by Crippen LogP contribution is 2.24. The van der Waals surface area contributed by atoms with Crippen LogP contribution in [-0.2, 0) is 13.0 Å². The van der Waals surface area contributed by atoms with Crippen LogP contribution < -0.4 is 0 Å². The van der Waals surface area contributed by atoms with Gasteiger partial charge in [-0.2, -0.15) is 10.1 Å². The number of fused-ring (bicyclic) bond motifs is 1. The molecule has 28 heavy (non-hydrogen) atoms. The summed E-state index contributed by atoms with van der Waals surface area (Å²) >= 11 is 0. The van der Waals surface area contributed by atoms with Gasteiger partial charge in [-0.15, -0.1) is 0 Å². The number of amides is 1. The minimum Gasteiger partial charge on any atom is -0.392 e. The maximum Gasteiger partial charge on any atom is 0.272 e. The van der Waals surface area contributed by atoms with Crippen molar-refractivity contribution in [2.24, 2.45) is 5.92 Å². The molecule has 4 rings (SSSR count). The van der Waals surface area contributed by atoms with Crippen molar-refractivity contribution in [3.05, 3.63) is 59.2 Å². The van der Waals surface area contributed by atoms with Crippen LogP contribution in [-0.4, -0.2) is 48.6 Å². The first-order chi connectivity index (χ1) is 13.5. The van der Waals surface area contributed by atoms with Crippen LogP contribution in [0.5, 0.6) is 0 Å². The van der Waals surface area contributed by atoms with Crippen molar-refractivity contribution >= 4 is 11.7 Å². The van der Waals surface area contributed by atoms with E-state index in [4.69, 9.17) is 0 Å². The number of likely N-dealkylation sites (tertiary alicyclic amines) is 1. The van der Waals surface area contributed by atoms with E-state index >= 15 is 0 Å². The molecule has 3 heterocycles. The van der Waals surface area contributed by atoms with E-state index in [0.29, 0.717) is 17.4 Å². The van der Waals surface area contributed by atoms with Crippen molar-refractivity contribution < 1.29 is 9.90 Å². The lowest BCUT2D eigenvalue weighted by atomic mass is 9.97. The molecule has 1 atom stereocenters. The Morgan fingerprint density at radius 1 is 1.29 bits per heavy atom. The zero-order valence-corrected chi connectivity index (χ0v) is 16.2. The molecule has 1 fully saturated rings. The van der Waals surface area contributed by atoms with E-state index in [1.54, 1.807) is 4.52 Å². The normalized spacial score (nSPS) is 17.0. The number of rotatable bonds is 5. The molecular weight excluding hydrogens is 354 g/mol. The van der Waals surface area contributed by atoms with Gasteiger partial charge in [-0.3, -0.25) is 4.79 Å². The quantitative estimate of drug-likeness (QED) is 0.736. The number of nitrogens with zero attached hydrogens (tertiary/aromatic N) is 5. The first-order valence-electron chi connectivity index (χ1n) is 9.73. The fourth-order valence-electron chi connectivity index (χ4n) is 3.89. The molecule has 0 bridgehead atoms. The molecule has 2 aromatic heterocycles. The Kier molecular flexibility index (Phi) is 5.09. The third-order valence-corrected chi connectivity index (χ3v) is 5.36. The van der Waals surface area contributed by atoms with Crippen molar-refractivity contribution in [1.82, 2.24) is 24.5 Å². The lowest BCUT2D eigenvalue weighted by Crippen LogP contribution is -2.30. The van der Waals surface area contributed by atoms with Crippen molar-refractivity contribution in [1.29, 1.82) is 0 Å². The molecule has 0 unspecified atom stereocenters. The molecule has 0 spiro atoms. The average molecular weight is 379 g/mol. The minimum atomic E-state index is -0.0426. The third-order valence-electron chi connectivity index (χ3n) is 5.36. The highest BCUT2D eigenvalue weighted by Gasteiger charge is 2.28. The Morgan fingerprint density at radius 3 is 2.89 bits per heavy atom. The molecule has 1 aliphatic rings. The molecular formula is C21H25N5O2. The average Bonchev–Trinajstić information content (AvgIpc) is 3.36. The summed E-state index contributed by atoms with van der Waals surface area (Å²) in [5.41, 5.74) is 3.50. The van der Waals surface area contributed by atoms with Crippen LogP contribution in [0.4, 0.5) is 0 Å². The van der Waals surface area contributed by atoms with Crippen LogP contribution in [0.15, 0.2) is 36.7 Å². The van der Waals surface area contributed by atoms with E-state index in [2.05, 4.69) is 35.0 Å².